The molecule has 0 bridgehead atoms. The number of unbranched alkanes of at least 4 members (excludes halogenated alkanes) is 3. The lowest BCUT2D eigenvalue weighted by molar-refractivity contribution is 0.285. The summed E-state index contributed by atoms with van der Waals surface area (Å²) in [4.78, 5) is 8.81. The van der Waals surface area contributed by atoms with E-state index in [2.05, 4.69) is 27.5 Å². The van der Waals surface area contributed by atoms with E-state index in [4.69, 9.17) is 26.2 Å². The number of guanidine groups is 1. The first kappa shape index (κ1) is 22.5. The van der Waals surface area contributed by atoms with Crippen LogP contribution in [-0.2, 0) is 0 Å². The fraction of sp³-hybridized carbons (Fsp3) is 0.364. The van der Waals surface area contributed by atoms with E-state index in [0.717, 1.165) is 24.8 Å². The number of benzene rings is 1. The van der Waals surface area contributed by atoms with Crippen LogP contribution in [0.15, 0.2) is 23.2 Å². The number of pyridine rings is 1. The molecular weight excluding hydrogens is 408 g/mol. The molecule has 0 saturated carbocycles. The molecule has 1 atom stereocenters. The van der Waals surface area contributed by atoms with Crippen molar-refractivity contribution < 1.29 is 9.47 Å². The van der Waals surface area contributed by atoms with Gasteiger partial charge in [0, 0.05) is 5.56 Å². The van der Waals surface area contributed by atoms with E-state index in [1.807, 2.05) is 24.4 Å². The molecule has 1 aromatic heterocycles. The SMILES string of the molecule is CCCCCCOc1ccc(C2N=C(NC#N)Nc3nc(N)c(C#N)c(N)c32)cc1OC. The number of anilines is 3. The normalized spacial score (nSPS) is 14.2. The number of ether oxygens (including phenoxy) is 2. The highest BCUT2D eigenvalue weighted by molar-refractivity contribution is 5.98. The Hall–Kier alpha value is -4.18. The van der Waals surface area contributed by atoms with Gasteiger partial charge in [0.1, 0.15) is 29.3 Å². The molecule has 32 heavy (non-hydrogen) atoms. The van der Waals surface area contributed by atoms with Gasteiger partial charge >= 0.3 is 0 Å². The topological polar surface area (TPSA) is 167 Å². The number of hydrogen-bond donors (Lipinski definition) is 4. The number of aliphatic imine (C=N–C) groups is 1. The summed E-state index contributed by atoms with van der Waals surface area (Å²) in [6, 6.07) is 6.81. The number of fused-ring (bicyclic) bond motifs is 1. The highest BCUT2D eigenvalue weighted by atomic mass is 16.5. The van der Waals surface area contributed by atoms with Gasteiger partial charge in [0.2, 0.25) is 5.96 Å². The second kappa shape index (κ2) is 10.2. The molecule has 0 saturated heterocycles. The number of nitriles is 2. The summed E-state index contributed by atoms with van der Waals surface area (Å²) in [5.74, 6) is 1.69. The monoisotopic (exact) mass is 434 g/mol. The van der Waals surface area contributed by atoms with E-state index in [1.54, 1.807) is 13.2 Å². The van der Waals surface area contributed by atoms with Crippen LogP contribution >= 0.6 is 0 Å². The largest absolute Gasteiger partial charge is 0.493 e. The Morgan fingerprint density at radius 2 is 2.00 bits per heavy atom. The highest BCUT2D eigenvalue weighted by Crippen LogP contribution is 2.42. The predicted molar refractivity (Wildman–Crippen MR) is 122 cm³/mol. The zero-order chi connectivity index (χ0) is 23.1. The summed E-state index contributed by atoms with van der Waals surface area (Å²) in [7, 11) is 1.57. The van der Waals surface area contributed by atoms with Crippen LogP contribution in [-0.4, -0.2) is 24.7 Å². The summed E-state index contributed by atoms with van der Waals surface area (Å²) in [6.07, 6.45) is 6.25. The third kappa shape index (κ3) is 4.60. The van der Waals surface area contributed by atoms with E-state index in [-0.39, 0.29) is 23.0 Å². The summed E-state index contributed by atoms with van der Waals surface area (Å²) in [5.41, 5.74) is 13.6. The summed E-state index contributed by atoms with van der Waals surface area (Å²) < 4.78 is 11.4. The molecule has 3 rings (SSSR count). The maximum atomic E-state index is 9.45. The molecule has 2 aromatic rings. The number of nitrogens with one attached hydrogen (secondary N) is 2. The first-order chi connectivity index (χ1) is 15.5. The van der Waals surface area contributed by atoms with E-state index in [9.17, 15) is 5.26 Å². The maximum absolute atomic E-state index is 9.45. The molecule has 0 radical (unpaired) electrons. The summed E-state index contributed by atoms with van der Waals surface area (Å²) in [6.45, 7) is 2.76. The van der Waals surface area contributed by atoms with Gasteiger partial charge in [0.15, 0.2) is 17.7 Å². The molecule has 1 unspecified atom stereocenters. The van der Waals surface area contributed by atoms with Crippen molar-refractivity contribution in [2.24, 2.45) is 4.99 Å². The molecule has 1 aliphatic heterocycles. The zero-order valence-corrected chi connectivity index (χ0v) is 18.1. The van der Waals surface area contributed by atoms with Gasteiger partial charge in [0.25, 0.3) is 0 Å². The predicted octanol–water partition coefficient (Wildman–Crippen LogP) is 3.03. The van der Waals surface area contributed by atoms with Crippen molar-refractivity contribution in [1.29, 1.82) is 10.5 Å². The van der Waals surface area contributed by atoms with Gasteiger partial charge in [-0.1, -0.05) is 32.3 Å². The molecule has 10 nitrogen and oxygen atoms in total. The Morgan fingerprint density at radius 3 is 2.69 bits per heavy atom. The van der Waals surface area contributed by atoms with E-state index >= 15 is 0 Å². The zero-order valence-electron chi connectivity index (χ0n) is 18.1. The van der Waals surface area contributed by atoms with Crippen molar-refractivity contribution in [3.05, 3.63) is 34.9 Å². The quantitative estimate of drug-likeness (QED) is 0.277. The van der Waals surface area contributed by atoms with Gasteiger partial charge in [-0.15, -0.1) is 0 Å². The van der Waals surface area contributed by atoms with E-state index in [1.165, 1.54) is 6.42 Å². The molecule has 0 aliphatic carbocycles. The molecule has 2 heterocycles. The molecular formula is C22H26N8O2. The number of rotatable bonds is 8. The van der Waals surface area contributed by atoms with Crippen LogP contribution in [0.3, 0.4) is 0 Å². The second-order valence-corrected chi connectivity index (χ2v) is 7.22. The van der Waals surface area contributed by atoms with E-state index < -0.39 is 6.04 Å². The molecule has 1 aliphatic rings. The van der Waals surface area contributed by atoms with Gasteiger partial charge < -0.3 is 26.3 Å². The minimum atomic E-state index is -0.644. The lowest BCUT2D eigenvalue weighted by atomic mass is 9.95. The van der Waals surface area contributed by atoms with Crippen LogP contribution in [0.1, 0.15) is 55.3 Å². The molecule has 1 aromatic carbocycles. The average Bonchev–Trinajstić information content (AvgIpc) is 2.78. The van der Waals surface area contributed by atoms with Crippen LogP contribution in [0.25, 0.3) is 0 Å². The third-order valence-electron chi connectivity index (χ3n) is 5.12. The smallest absolute Gasteiger partial charge is 0.211 e. The van der Waals surface area contributed by atoms with Crippen LogP contribution < -0.4 is 31.6 Å². The first-order valence-corrected chi connectivity index (χ1v) is 10.3. The fourth-order valence-electron chi connectivity index (χ4n) is 3.51. The Labute approximate surface area is 186 Å². The standard InChI is InChI=1S/C22H26N8O2/c1-3-4-5-6-9-32-15-8-7-13(10-16(15)31-2)19-17-18(25)14(11-23)20(26)29-21(17)30-22(28-19)27-12-24/h7-8,10,19H,3-6,9H2,1-2H3,(H6,25,26,27,28,29,30). The van der Waals surface area contributed by atoms with Crippen molar-refractivity contribution in [1.82, 2.24) is 10.3 Å². The highest BCUT2D eigenvalue weighted by Gasteiger charge is 2.30. The Balaban J connectivity index is 1.99. The van der Waals surface area contributed by atoms with E-state index in [0.29, 0.717) is 29.5 Å². The molecule has 0 amide bonds. The first-order valence-electron chi connectivity index (χ1n) is 10.3. The van der Waals surface area contributed by atoms with Gasteiger partial charge in [-0.2, -0.15) is 10.5 Å². The van der Waals surface area contributed by atoms with Crippen molar-refractivity contribution in [3.8, 4) is 23.8 Å². The fourth-order valence-corrected chi connectivity index (χ4v) is 3.51. The van der Waals surface area contributed by atoms with Gasteiger partial charge in [-0.05, 0) is 24.1 Å². The second-order valence-electron chi connectivity index (χ2n) is 7.22. The lowest BCUT2D eigenvalue weighted by Crippen LogP contribution is -2.32. The Morgan fingerprint density at radius 1 is 1.19 bits per heavy atom. The molecule has 10 heteroatoms. The summed E-state index contributed by atoms with van der Waals surface area (Å²) >= 11 is 0. The van der Waals surface area contributed by atoms with Crippen LogP contribution in [0.5, 0.6) is 11.5 Å². The average molecular weight is 435 g/mol. The van der Waals surface area contributed by atoms with Crippen molar-refractivity contribution in [2.45, 2.75) is 38.6 Å². The lowest BCUT2D eigenvalue weighted by Gasteiger charge is -2.26. The molecule has 0 fully saturated rings. The maximum Gasteiger partial charge on any atom is 0.211 e. The van der Waals surface area contributed by atoms with Crippen molar-refractivity contribution in [2.75, 3.05) is 30.5 Å². The van der Waals surface area contributed by atoms with Crippen LogP contribution in [0.4, 0.5) is 17.3 Å². The van der Waals surface area contributed by atoms with Gasteiger partial charge in [-0.25, -0.2) is 9.98 Å². The Kier molecular flexibility index (Phi) is 7.19. The minimum absolute atomic E-state index is 0.00221. The number of nitrogen functional groups attached to an aromatic ring is 2. The molecule has 0 spiro atoms. The Bertz CT molecular complexity index is 1100. The number of hydrogen-bond acceptors (Lipinski definition) is 10. The number of methoxy groups -OCH3 is 1. The minimum Gasteiger partial charge on any atom is -0.493 e. The molecule has 6 N–H and O–H groups in total. The molecule has 166 valence electrons. The van der Waals surface area contributed by atoms with Crippen molar-refractivity contribution in [3.63, 3.8) is 0 Å². The summed E-state index contributed by atoms with van der Waals surface area (Å²) in [5, 5.41) is 23.9. The van der Waals surface area contributed by atoms with Crippen molar-refractivity contribution >= 4 is 23.3 Å². The number of nitrogens with zero attached hydrogens (tertiary/aromatic N) is 4. The number of aromatic nitrogens is 1. The number of nitrogens with two attached hydrogens (primary N) is 2. The third-order valence-corrected chi connectivity index (χ3v) is 5.12. The van der Waals surface area contributed by atoms with Gasteiger partial charge in [-0.3, -0.25) is 5.32 Å². The van der Waals surface area contributed by atoms with Crippen LogP contribution in [0, 0.1) is 22.8 Å². The van der Waals surface area contributed by atoms with Gasteiger partial charge in [0.05, 0.1) is 19.4 Å². The van der Waals surface area contributed by atoms with Crippen LogP contribution in [0.2, 0.25) is 0 Å².